The third-order valence-electron chi connectivity index (χ3n) is 1.36. The van der Waals surface area contributed by atoms with Crippen LogP contribution in [0, 0.1) is 0 Å². The third-order valence-corrected chi connectivity index (χ3v) is 1.36. The second-order valence-electron chi connectivity index (χ2n) is 2.98. The van der Waals surface area contributed by atoms with Crippen LogP contribution in [0.25, 0.3) is 0 Å². The van der Waals surface area contributed by atoms with Gasteiger partial charge in [-0.25, -0.2) is 0 Å². The molecule has 0 radical (unpaired) electrons. The molecule has 1 aliphatic rings. The number of hydrazone groups is 1. The predicted molar refractivity (Wildman–Crippen MR) is 39.5 cm³/mol. The van der Waals surface area contributed by atoms with Crippen LogP contribution in [-0.4, -0.2) is 11.3 Å². The SMILES string of the molecule is C=CC1=NNC(C)(C)C1. The highest BCUT2D eigenvalue weighted by molar-refractivity contribution is 5.96. The minimum Gasteiger partial charge on any atom is -0.304 e. The zero-order chi connectivity index (χ0) is 6.91. The zero-order valence-corrected chi connectivity index (χ0v) is 5.94. The van der Waals surface area contributed by atoms with Crippen LogP contribution in [-0.2, 0) is 0 Å². The van der Waals surface area contributed by atoms with Gasteiger partial charge >= 0.3 is 0 Å². The van der Waals surface area contributed by atoms with Crippen LogP contribution < -0.4 is 5.43 Å². The predicted octanol–water partition coefficient (Wildman–Crippen LogP) is 1.30. The molecule has 0 saturated heterocycles. The van der Waals surface area contributed by atoms with Gasteiger partial charge in [0.25, 0.3) is 0 Å². The molecule has 9 heavy (non-hydrogen) atoms. The smallest absolute Gasteiger partial charge is 0.0621 e. The van der Waals surface area contributed by atoms with Crippen LogP contribution in [0.4, 0.5) is 0 Å². The van der Waals surface area contributed by atoms with E-state index in [9.17, 15) is 0 Å². The van der Waals surface area contributed by atoms with Gasteiger partial charge in [-0.1, -0.05) is 6.58 Å². The molecule has 1 aliphatic heterocycles. The first-order chi connectivity index (χ1) is 4.14. The van der Waals surface area contributed by atoms with Crippen molar-refractivity contribution in [3.63, 3.8) is 0 Å². The summed E-state index contributed by atoms with van der Waals surface area (Å²) in [5.41, 5.74) is 4.21. The summed E-state index contributed by atoms with van der Waals surface area (Å²) in [6, 6.07) is 0. The topological polar surface area (TPSA) is 24.4 Å². The Bertz CT molecular complexity index is 156. The highest BCUT2D eigenvalue weighted by Crippen LogP contribution is 2.15. The van der Waals surface area contributed by atoms with E-state index in [1.54, 1.807) is 6.08 Å². The van der Waals surface area contributed by atoms with E-state index in [1.165, 1.54) is 0 Å². The summed E-state index contributed by atoms with van der Waals surface area (Å²) in [5.74, 6) is 0. The summed E-state index contributed by atoms with van der Waals surface area (Å²) in [4.78, 5) is 0. The molecule has 0 aromatic carbocycles. The Hall–Kier alpha value is -0.790. The van der Waals surface area contributed by atoms with Crippen molar-refractivity contribution in [3.8, 4) is 0 Å². The van der Waals surface area contributed by atoms with E-state index in [4.69, 9.17) is 0 Å². The largest absolute Gasteiger partial charge is 0.304 e. The highest BCUT2D eigenvalue weighted by Gasteiger charge is 2.23. The number of nitrogens with zero attached hydrogens (tertiary/aromatic N) is 1. The maximum Gasteiger partial charge on any atom is 0.0621 e. The van der Waals surface area contributed by atoms with Crippen LogP contribution in [0.1, 0.15) is 20.3 Å². The highest BCUT2D eigenvalue weighted by atomic mass is 15.3. The van der Waals surface area contributed by atoms with E-state index in [1.807, 2.05) is 0 Å². The van der Waals surface area contributed by atoms with Gasteiger partial charge in [0.05, 0.1) is 11.3 Å². The number of hydrogen-bond donors (Lipinski definition) is 1. The molecule has 0 aliphatic carbocycles. The van der Waals surface area contributed by atoms with Gasteiger partial charge in [-0.15, -0.1) is 0 Å². The molecule has 0 spiro atoms. The first-order valence-corrected chi connectivity index (χ1v) is 3.10. The van der Waals surface area contributed by atoms with Gasteiger partial charge in [0.15, 0.2) is 0 Å². The van der Waals surface area contributed by atoms with Crippen LogP contribution in [0.15, 0.2) is 17.8 Å². The number of nitrogens with one attached hydrogen (secondary N) is 1. The molecule has 2 heteroatoms. The van der Waals surface area contributed by atoms with Crippen LogP contribution in [0.2, 0.25) is 0 Å². The molecule has 1 rings (SSSR count). The molecular formula is C7H12N2. The van der Waals surface area contributed by atoms with Gasteiger partial charge in [-0.3, -0.25) is 0 Å². The van der Waals surface area contributed by atoms with E-state index >= 15 is 0 Å². The number of rotatable bonds is 1. The summed E-state index contributed by atoms with van der Waals surface area (Å²) in [6.45, 7) is 7.87. The van der Waals surface area contributed by atoms with Gasteiger partial charge in [0.2, 0.25) is 0 Å². The molecular weight excluding hydrogens is 112 g/mol. The Balaban J connectivity index is 2.59. The van der Waals surface area contributed by atoms with E-state index < -0.39 is 0 Å². The monoisotopic (exact) mass is 124 g/mol. The lowest BCUT2D eigenvalue weighted by molar-refractivity contribution is 0.446. The molecule has 50 valence electrons. The van der Waals surface area contributed by atoms with Gasteiger partial charge in [-0.2, -0.15) is 5.10 Å². The lowest BCUT2D eigenvalue weighted by atomic mass is 10.0. The quantitative estimate of drug-likeness (QED) is 0.559. The molecule has 0 atom stereocenters. The first kappa shape index (κ1) is 6.33. The van der Waals surface area contributed by atoms with Gasteiger partial charge < -0.3 is 5.43 Å². The number of hydrogen-bond acceptors (Lipinski definition) is 2. The summed E-state index contributed by atoms with van der Waals surface area (Å²) in [7, 11) is 0. The molecule has 0 amide bonds. The standard InChI is InChI=1S/C7H12N2/c1-4-6-5-7(2,3)9-8-6/h4,9H,1,5H2,2-3H3. The second kappa shape index (κ2) is 1.87. The molecule has 1 heterocycles. The fourth-order valence-electron chi connectivity index (χ4n) is 0.873. The van der Waals surface area contributed by atoms with Crippen molar-refractivity contribution in [2.24, 2.45) is 5.10 Å². The van der Waals surface area contributed by atoms with Crippen molar-refractivity contribution < 1.29 is 0 Å². The van der Waals surface area contributed by atoms with Gasteiger partial charge in [0.1, 0.15) is 0 Å². The fourth-order valence-corrected chi connectivity index (χ4v) is 0.873. The summed E-state index contributed by atoms with van der Waals surface area (Å²) in [6.07, 6.45) is 2.78. The van der Waals surface area contributed by atoms with E-state index in [2.05, 4.69) is 31.0 Å². The maximum absolute atomic E-state index is 4.06. The fraction of sp³-hybridized carbons (Fsp3) is 0.571. The Morgan fingerprint density at radius 1 is 1.78 bits per heavy atom. The van der Waals surface area contributed by atoms with Crippen molar-refractivity contribution in [1.29, 1.82) is 0 Å². The van der Waals surface area contributed by atoms with Gasteiger partial charge in [-0.05, 0) is 19.9 Å². The van der Waals surface area contributed by atoms with Gasteiger partial charge in [0, 0.05) is 6.42 Å². The maximum atomic E-state index is 4.06. The molecule has 0 unspecified atom stereocenters. The number of allylic oxidation sites excluding steroid dienone is 1. The molecule has 0 bridgehead atoms. The Labute approximate surface area is 55.6 Å². The summed E-state index contributed by atoms with van der Waals surface area (Å²) < 4.78 is 0. The Morgan fingerprint density at radius 3 is 2.67 bits per heavy atom. The van der Waals surface area contributed by atoms with Crippen molar-refractivity contribution in [3.05, 3.63) is 12.7 Å². The van der Waals surface area contributed by atoms with Crippen LogP contribution in [0.3, 0.4) is 0 Å². The average molecular weight is 124 g/mol. The van der Waals surface area contributed by atoms with Crippen LogP contribution in [0.5, 0.6) is 0 Å². The summed E-state index contributed by atoms with van der Waals surface area (Å²) >= 11 is 0. The normalized spacial score (nSPS) is 22.7. The molecule has 0 aromatic rings. The van der Waals surface area contributed by atoms with Crippen molar-refractivity contribution in [2.75, 3.05) is 0 Å². The average Bonchev–Trinajstić information content (AvgIpc) is 2.10. The zero-order valence-electron chi connectivity index (χ0n) is 5.94. The molecule has 0 fully saturated rings. The minimum absolute atomic E-state index is 0.142. The lowest BCUT2D eigenvalue weighted by Gasteiger charge is -2.15. The molecule has 2 nitrogen and oxygen atoms in total. The van der Waals surface area contributed by atoms with E-state index in [0.717, 1.165) is 12.1 Å². The van der Waals surface area contributed by atoms with E-state index in [-0.39, 0.29) is 5.54 Å². The first-order valence-electron chi connectivity index (χ1n) is 3.10. The lowest BCUT2D eigenvalue weighted by Crippen LogP contribution is -2.30. The van der Waals surface area contributed by atoms with Crippen molar-refractivity contribution in [2.45, 2.75) is 25.8 Å². The molecule has 1 N–H and O–H groups in total. The minimum atomic E-state index is 0.142. The van der Waals surface area contributed by atoms with Crippen LogP contribution >= 0.6 is 0 Å². The molecule has 0 saturated carbocycles. The van der Waals surface area contributed by atoms with Crippen molar-refractivity contribution >= 4 is 5.71 Å². The summed E-state index contributed by atoms with van der Waals surface area (Å²) in [5, 5.41) is 4.06. The van der Waals surface area contributed by atoms with Crippen molar-refractivity contribution in [1.82, 2.24) is 5.43 Å². The Morgan fingerprint density at radius 2 is 2.44 bits per heavy atom. The second-order valence-corrected chi connectivity index (χ2v) is 2.98. The molecule has 0 aromatic heterocycles. The van der Waals surface area contributed by atoms with E-state index in [0.29, 0.717) is 0 Å². The third kappa shape index (κ3) is 1.31. The Kier molecular flexibility index (Phi) is 1.31.